The van der Waals surface area contributed by atoms with Crippen LogP contribution in [-0.4, -0.2) is 25.2 Å². The van der Waals surface area contributed by atoms with E-state index in [0.29, 0.717) is 27.4 Å². The maximum atomic E-state index is 13.1. The largest absolute Gasteiger partial charge is 0.337 e. The fraction of sp³-hybridized carbons (Fsp3) is 0.190. The Morgan fingerprint density at radius 3 is 2.61 bits per heavy atom. The van der Waals surface area contributed by atoms with E-state index in [4.69, 9.17) is 16.1 Å². The van der Waals surface area contributed by atoms with Crippen molar-refractivity contribution in [2.24, 2.45) is 0 Å². The van der Waals surface area contributed by atoms with Crippen LogP contribution in [0.25, 0.3) is 10.9 Å². The molecule has 0 unspecified atom stereocenters. The van der Waals surface area contributed by atoms with Gasteiger partial charge in [-0.2, -0.15) is 4.98 Å². The fourth-order valence-electron chi connectivity index (χ4n) is 3.26. The summed E-state index contributed by atoms with van der Waals surface area (Å²) >= 11 is 6.19. The Bertz CT molecular complexity index is 1420. The summed E-state index contributed by atoms with van der Waals surface area (Å²) in [5.41, 5.74) is 0.567. The van der Waals surface area contributed by atoms with Gasteiger partial charge in [-0.1, -0.05) is 35.0 Å². The molecule has 10 heteroatoms. The van der Waals surface area contributed by atoms with Crippen molar-refractivity contribution in [1.29, 1.82) is 0 Å². The first-order valence-electron chi connectivity index (χ1n) is 9.41. The van der Waals surface area contributed by atoms with E-state index in [0.717, 1.165) is 10.1 Å². The van der Waals surface area contributed by atoms with Crippen LogP contribution in [0.2, 0.25) is 5.02 Å². The Labute approximate surface area is 180 Å². The number of hydrogen-bond donors (Lipinski definition) is 1. The molecule has 1 amide bonds. The molecule has 0 spiro atoms. The second kappa shape index (κ2) is 8.19. The molecule has 2 aromatic heterocycles. The first-order valence-corrected chi connectivity index (χ1v) is 9.79. The summed E-state index contributed by atoms with van der Waals surface area (Å²) in [4.78, 5) is 42.8. The van der Waals surface area contributed by atoms with Gasteiger partial charge in [0.1, 0.15) is 13.1 Å². The highest BCUT2D eigenvalue weighted by Gasteiger charge is 2.17. The lowest BCUT2D eigenvalue weighted by Crippen LogP contribution is -2.42. The van der Waals surface area contributed by atoms with Gasteiger partial charge in [0.2, 0.25) is 11.8 Å². The molecule has 158 valence electrons. The predicted molar refractivity (Wildman–Crippen MR) is 115 cm³/mol. The molecule has 0 atom stereocenters. The molecule has 0 radical (unpaired) electrons. The number of carbonyl (C=O) groups is 1. The van der Waals surface area contributed by atoms with Crippen molar-refractivity contribution in [3.05, 3.63) is 85.6 Å². The molecule has 0 aliphatic heterocycles. The van der Waals surface area contributed by atoms with Gasteiger partial charge in [-0.3, -0.25) is 18.7 Å². The van der Waals surface area contributed by atoms with Gasteiger partial charge in [0.15, 0.2) is 5.82 Å². The molecule has 9 nitrogen and oxygen atoms in total. The third-order valence-corrected chi connectivity index (χ3v) is 5.01. The smallest absolute Gasteiger partial charge is 0.332 e. The number of amides is 1. The molecule has 0 aliphatic carbocycles. The lowest BCUT2D eigenvalue weighted by molar-refractivity contribution is -0.116. The number of para-hydroxylation sites is 1. The van der Waals surface area contributed by atoms with E-state index in [2.05, 4.69) is 15.5 Å². The van der Waals surface area contributed by atoms with Crippen molar-refractivity contribution in [1.82, 2.24) is 19.3 Å². The highest BCUT2D eigenvalue weighted by Crippen LogP contribution is 2.22. The highest BCUT2D eigenvalue weighted by molar-refractivity contribution is 6.33. The number of benzene rings is 2. The fourth-order valence-corrected chi connectivity index (χ4v) is 3.54. The van der Waals surface area contributed by atoms with Crippen molar-refractivity contribution >= 4 is 34.1 Å². The number of anilines is 1. The van der Waals surface area contributed by atoms with Gasteiger partial charge in [0.05, 0.1) is 21.6 Å². The van der Waals surface area contributed by atoms with Crippen LogP contribution in [-0.2, 0) is 17.9 Å². The third kappa shape index (κ3) is 4.13. The number of aromatic nitrogens is 4. The lowest BCUT2D eigenvalue weighted by Gasteiger charge is -2.14. The molecule has 0 saturated carbocycles. The number of halogens is 1. The monoisotopic (exact) mass is 439 g/mol. The van der Waals surface area contributed by atoms with Crippen LogP contribution in [0, 0.1) is 13.8 Å². The van der Waals surface area contributed by atoms with Crippen molar-refractivity contribution in [2.45, 2.75) is 26.9 Å². The Morgan fingerprint density at radius 2 is 1.90 bits per heavy atom. The molecule has 0 fully saturated rings. The van der Waals surface area contributed by atoms with Crippen LogP contribution in [0.3, 0.4) is 0 Å². The van der Waals surface area contributed by atoms with Gasteiger partial charge in [0.25, 0.3) is 5.56 Å². The summed E-state index contributed by atoms with van der Waals surface area (Å²) < 4.78 is 7.26. The minimum atomic E-state index is -0.662. The minimum absolute atomic E-state index is 0.120. The van der Waals surface area contributed by atoms with Gasteiger partial charge in [-0.05, 0) is 43.7 Å². The van der Waals surface area contributed by atoms with Crippen LogP contribution in [0.4, 0.5) is 5.69 Å². The summed E-state index contributed by atoms with van der Waals surface area (Å²) in [7, 11) is 0. The van der Waals surface area contributed by atoms with Crippen LogP contribution >= 0.6 is 11.6 Å². The van der Waals surface area contributed by atoms with Crippen LogP contribution < -0.4 is 16.6 Å². The standard InChI is InChI=1S/C21H18ClN5O4/c1-12-7-8-16(15(22)9-12)24-18(28)10-26-17-6-4-3-5-14(17)20(29)27(21(26)30)11-19-23-13(2)25-31-19/h3-9H,10-11H2,1-2H3,(H,24,28). The van der Waals surface area contributed by atoms with E-state index in [9.17, 15) is 14.4 Å². The molecular formula is C21H18ClN5O4. The topological polar surface area (TPSA) is 112 Å². The zero-order valence-electron chi connectivity index (χ0n) is 16.8. The zero-order valence-corrected chi connectivity index (χ0v) is 17.5. The molecule has 31 heavy (non-hydrogen) atoms. The maximum Gasteiger partial charge on any atom is 0.332 e. The Hall–Kier alpha value is -3.72. The van der Waals surface area contributed by atoms with Gasteiger partial charge in [-0.25, -0.2) is 4.79 Å². The molecule has 0 aliphatic rings. The number of rotatable bonds is 5. The Kier molecular flexibility index (Phi) is 5.43. The van der Waals surface area contributed by atoms with E-state index in [1.165, 1.54) is 4.57 Å². The minimum Gasteiger partial charge on any atom is -0.337 e. The average molecular weight is 440 g/mol. The first kappa shape index (κ1) is 20.5. The van der Waals surface area contributed by atoms with Crippen LogP contribution in [0.5, 0.6) is 0 Å². The number of carbonyl (C=O) groups excluding carboxylic acids is 1. The van der Waals surface area contributed by atoms with E-state index in [-0.39, 0.29) is 19.0 Å². The van der Waals surface area contributed by atoms with Gasteiger partial charge >= 0.3 is 5.69 Å². The lowest BCUT2D eigenvalue weighted by atomic mass is 10.2. The van der Waals surface area contributed by atoms with Gasteiger partial charge in [-0.15, -0.1) is 0 Å². The summed E-state index contributed by atoms with van der Waals surface area (Å²) in [5.74, 6) is 0.0461. The van der Waals surface area contributed by atoms with E-state index < -0.39 is 17.2 Å². The Balaban J connectivity index is 1.75. The van der Waals surface area contributed by atoms with E-state index >= 15 is 0 Å². The number of nitrogens with zero attached hydrogens (tertiary/aromatic N) is 4. The molecule has 0 bridgehead atoms. The Morgan fingerprint density at radius 1 is 1.13 bits per heavy atom. The SMILES string of the molecule is Cc1ccc(NC(=O)Cn2c(=O)n(Cc3nc(C)no3)c(=O)c3ccccc32)c(Cl)c1. The number of nitrogens with one attached hydrogen (secondary N) is 1. The number of fused-ring (bicyclic) bond motifs is 1. The quantitative estimate of drug-likeness (QED) is 0.511. The molecule has 2 heterocycles. The molecule has 0 saturated heterocycles. The summed E-state index contributed by atoms with van der Waals surface area (Å²) in [6, 6.07) is 11.8. The molecular weight excluding hydrogens is 422 g/mol. The number of hydrogen-bond acceptors (Lipinski definition) is 6. The highest BCUT2D eigenvalue weighted by atomic mass is 35.5. The van der Waals surface area contributed by atoms with Gasteiger partial charge in [0, 0.05) is 0 Å². The summed E-state index contributed by atoms with van der Waals surface area (Å²) in [6.45, 7) is 3.01. The molecule has 2 aromatic carbocycles. The second-order valence-corrected chi connectivity index (χ2v) is 7.45. The molecule has 4 rings (SSSR count). The normalized spacial score (nSPS) is 11.1. The van der Waals surface area contributed by atoms with Crippen molar-refractivity contribution in [2.75, 3.05) is 5.32 Å². The van der Waals surface area contributed by atoms with Crippen LogP contribution in [0.1, 0.15) is 17.3 Å². The average Bonchev–Trinajstić information content (AvgIpc) is 3.15. The predicted octanol–water partition coefficient (Wildman–Crippen LogP) is 2.50. The zero-order chi connectivity index (χ0) is 22.1. The third-order valence-electron chi connectivity index (χ3n) is 4.70. The van der Waals surface area contributed by atoms with E-state index in [1.54, 1.807) is 43.3 Å². The molecule has 1 N–H and O–H groups in total. The second-order valence-electron chi connectivity index (χ2n) is 7.04. The van der Waals surface area contributed by atoms with Gasteiger partial charge < -0.3 is 9.84 Å². The van der Waals surface area contributed by atoms with Crippen LogP contribution in [0.15, 0.2) is 56.6 Å². The summed E-state index contributed by atoms with van der Waals surface area (Å²) in [5, 5.41) is 7.07. The van der Waals surface area contributed by atoms with E-state index in [1.807, 2.05) is 13.0 Å². The van der Waals surface area contributed by atoms with Crippen molar-refractivity contribution in [3.63, 3.8) is 0 Å². The van der Waals surface area contributed by atoms with Crippen molar-refractivity contribution in [3.8, 4) is 0 Å². The number of aryl methyl sites for hydroxylation is 2. The summed E-state index contributed by atoms with van der Waals surface area (Å²) in [6.07, 6.45) is 0. The van der Waals surface area contributed by atoms with Crippen molar-refractivity contribution < 1.29 is 9.32 Å². The first-order chi connectivity index (χ1) is 14.8. The maximum absolute atomic E-state index is 13.1. The molecule has 4 aromatic rings.